The predicted octanol–water partition coefficient (Wildman–Crippen LogP) is 0.297. The third-order valence-electron chi connectivity index (χ3n) is 3.56. The number of nitrogens with two attached hydrogens (primary N) is 1. The molecule has 0 saturated carbocycles. The standard InChI is InChI=1S/C17H14N4S.BrH/c1-12-16(21-10-6-5-9-15(21)18-12)14-11-22-17(20-14)19-13-7-3-2-4-8-13;/h2-11H,1H3,(H,19,20);1H. The number of halogens is 1. The van der Waals surface area contributed by atoms with Crippen molar-refractivity contribution in [3.8, 4) is 11.4 Å². The van der Waals surface area contributed by atoms with Crippen molar-refractivity contribution >= 4 is 27.8 Å². The van der Waals surface area contributed by atoms with Gasteiger partial charge in [0.05, 0.1) is 11.4 Å². The van der Waals surface area contributed by atoms with E-state index in [0.29, 0.717) is 0 Å². The molecule has 0 amide bonds. The van der Waals surface area contributed by atoms with Crippen LogP contribution in [-0.2, 0) is 0 Å². The Morgan fingerprint density at radius 1 is 1.00 bits per heavy atom. The summed E-state index contributed by atoms with van der Waals surface area (Å²) in [4.78, 5) is 9.36. The summed E-state index contributed by atoms with van der Waals surface area (Å²) in [6, 6.07) is 16.3. The molecule has 0 fully saturated rings. The van der Waals surface area contributed by atoms with Crippen LogP contribution in [0.2, 0.25) is 0 Å². The van der Waals surface area contributed by atoms with Crippen molar-refractivity contribution in [2.75, 3.05) is 0 Å². The molecule has 116 valence electrons. The van der Waals surface area contributed by atoms with Crippen LogP contribution in [0, 0.1) is 6.92 Å². The van der Waals surface area contributed by atoms with E-state index in [-0.39, 0.29) is 17.0 Å². The molecule has 4 aromatic rings. The Labute approximate surface area is 148 Å². The first-order chi connectivity index (χ1) is 10.8. The third kappa shape index (κ3) is 3.06. The van der Waals surface area contributed by atoms with Gasteiger partial charge in [0.15, 0.2) is 0 Å². The van der Waals surface area contributed by atoms with Gasteiger partial charge in [-0.2, -0.15) is 4.98 Å². The number of aromatic nitrogens is 3. The van der Waals surface area contributed by atoms with Crippen molar-refractivity contribution in [2.45, 2.75) is 6.92 Å². The number of imidazole rings is 1. The predicted molar refractivity (Wildman–Crippen MR) is 88.7 cm³/mol. The van der Waals surface area contributed by atoms with Crippen LogP contribution in [0.25, 0.3) is 17.0 Å². The second kappa shape index (κ2) is 6.62. The second-order valence-corrected chi connectivity index (χ2v) is 5.99. The Bertz CT molecular complexity index is 930. The number of rotatable bonds is 3. The Balaban J connectivity index is 0.00000156. The van der Waals surface area contributed by atoms with E-state index < -0.39 is 0 Å². The average Bonchev–Trinajstić information content (AvgIpc) is 3.11. The average molecular weight is 387 g/mol. The quantitative estimate of drug-likeness (QED) is 0.514. The van der Waals surface area contributed by atoms with E-state index in [2.05, 4.69) is 32.2 Å². The maximum atomic E-state index is 4.76. The summed E-state index contributed by atoms with van der Waals surface area (Å²) in [5, 5.41) is 5.21. The summed E-state index contributed by atoms with van der Waals surface area (Å²) in [7, 11) is 0. The number of pyridine rings is 1. The molecule has 23 heavy (non-hydrogen) atoms. The molecule has 0 radical (unpaired) electrons. The maximum Gasteiger partial charge on any atom is 0.288 e. The van der Waals surface area contributed by atoms with Gasteiger partial charge in [-0.15, -0.1) is 0 Å². The number of hydrogen-bond donors (Lipinski definition) is 1. The normalized spacial score (nSPS) is 10.7. The zero-order valence-corrected chi connectivity index (χ0v) is 14.9. The van der Waals surface area contributed by atoms with Crippen molar-refractivity contribution in [1.82, 2.24) is 14.4 Å². The topological polar surface area (TPSA) is 46.8 Å². The first-order valence-electron chi connectivity index (χ1n) is 7.11. The Morgan fingerprint density at radius 2 is 1.78 bits per heavy atom. The molecular weight excluding hydrogens is 372 g/mol. The summed E-state index contributed by atoms with van der Waals surface area (Å²) in [5.74, 6) is 0. The fraction of sp³-hybridized carbons (Fsp3) is 0.0588. The molecule has 0 bridgehead atoms. The summed E-state index contributed by atoms with van der Waals surface area (Å²) >= 11 is 1.65. The molecule has 6 heteroatoms. The highest BCUT2D eigenvalue weighted by Gasteiger charge is 2.15. The molecule has 1 aromatic carbocycles. The molecule has 0 saturated heterocycles. The molecule has 3 aromatic heterocycles. The highest BCUT2D eigenvalue weighted by molar-refractivity contribution is 7.13. The zero-order chi connectivity index (χ0) is 14.9. The number of thiazole rings is 1. The van der Waals surface area contributed by atoms with E-state index in [0.717, 1.165) is 27.9 Å². The van der Waals surface area contributed by atoms with Gasteiger partial charge >= 0.3 is 0 Å². The highest BCUT2D eigenvalue weighted by Crippen LogP contribution is 2.27. The van der Waals surface area contributed by atoms with Gasteiger partial charge < -0.3 is 17.0 Å². The summed E-state index contributed by atoms with van der Waals surface area (Å²) in [6.45, 7) is 2.03. The minimum absolute atomic E-state index is 0. The van der Waals surface area contributed by atoms with E-state index in [1.807, 2.05) is 49.5 Å². The van der Waals surface area contributed by atoms with Gasteiger partial charge in [-0.3, -0.25) is 9.72 Å². The van der Waals surface area contributed by atoms with Crippen molar-refractivity contribution in [2.24, 2.45) is 0 Å². The number of quaternary nitrogens is 1. The first-order valence-corrected chi connectivity index (χ1v) is 7.98. The van der Waals surface area contributed by atoms with Gasteiger partial charge in [0.2, 0.25) is 0 Å². The summed E-state index contributed by atoms with van der Waals surface area (Å²) < 4.78 is 2.09. The van der Waals surface area contributed by atoms with Crippen molar-refractivity contribution in [1.29, 1.82) is 0 Å². The van der Waals surface area contributed by atoms with Crippen LogP contribution in [0.15, 0.2) is 60.1 Å². The molecule has 3 heterocycles. The van der Waals surface area contributed by atoms with Crippen molar-refractivity contribution < 1.29 is 22.3 Å². The van der Waals surface area contributed by atoms with E-state index in [1.54, 1.807) is 11.3 Å². The third-order valence-corrected chi connectivity index (χ3v) is 4.35. The fourth-order valence-corrected chi connectivity index (χ4v) is 3.33. The van der Waals surface area contributed by atoms with Gasteiger partial charge in [-0.05, 0) is 31.2 Å². The molecule has 4 rings (SSSR count). The minimum Gasteiger partial charge on any atom is -1.00 e. The van der Waals surface area contributed by atoms with E-state index in [9.17, 15) is 0 Å². The smallest absolute Gasteiger partial charge is 0.288 e. The molecule has 0 aliphatic heterocycles. The van der Waals surface area contributed by atoms with E-state index >= 15 is 0 Å². The number of fused-ring (bicyclic) bond motifs is 1. The molecule has 0 spiro atoms. The number of nitrogens with zero attached hydrogens (tertiary/aromatic N) is 3. The molecule has 0 atom stereocenters. The van der Waals surface area contributed by atoms with Crippen molar-refractivity contribution in [3.05, 3.63) is 65.8 Å². The molecule has 2 N–H and O–H groups in total. The second-order valence-electron chi connectivity index (χ2n) is 5.10. The van der Waals surface area contributed by atoms with Crippen LogP contribution in [-0.4, -0.2) is 14.4 Å². The van der Waals surface area contributed by atoms with Crippen LogP contribution in [0.4, 0.5) is 10.8 Å². The zero-order valence-electron chi connectivity index (χ0n) is 12.5. The van der Waals surface area contributed by atoms with Gasteiger partial charge in [0, 0.05) is 11.6 Å². The van der Waals surface area contributed by atoms with Crippen LogP contribution in [0.3, 0.4) is 0 Å². The minimum atomic E-state index is 0. The van der Waals surface area contributed by atoms with Crippen molar-refractivity contribution in [3.63, 3.8) is 0 Å². The molecular formula is C17H15BrN4S. The number of benzene rings is 1. The molecule has 4 nitrogen and oxygen atoms in total. The largest absolute Gasteiger partial charge is 1.00 e. The monoisotopic (exact) mass is 386 g/mol. The lowest BCUT2D eigenvalue weighted by Crippen LogP contribution is -3.00. The summed E-state index contributed by atoms with van der Waals surface area (Å²) in [6.07, 6.45) is 2.03. The van der Waals surface area contributed by atoms with E-state index in [4.69, 9.17) is 4.98 Å². The highest BCUT2D eigenvalue weighted by atomic mass is 79.9. The Morgan fingerprint density at radius 3 is 2.61 bits per heavy atom. The lowest BCUT2D eigenvalue weighted by molar-refractivity contribution is -0.478. The Kier molecular flexibility index (Phi) is 4.56. The van der Waals surface area contributed by atoms with Crippen LogP contribution in [0.1, 0.15) is 5.69 Å². The molecule has 0 aliphatic rings. The van der Waals surface area contributed by atoms with Gasteiger partial charge in [-0.25, -0.2) is 4.98 Å². The Hall–Kier alpha value is -2.02. The van der Waals surface area contributed by atoms with Crippen LogP contribution in [0.5, 0.6) is 0 Å². The molecule has 0 aliphatic carbocycles. The van der Waals surface area contributed by atoms with Crippen LogP contribution < -0.4 is 22.3 Å². The van der Waals surface area contributed by atoms with Gasteiger partial charge in [0.1, 0.15) is 17.0 Å². The van der Waals surface area contributed by atoms with Gasteiger partial charge in [-0.1, -0.05) is 35.6 Å². The van der Waals surface area contributed by atoms with Gasteiger partial charge in [0.25, 0.3) is 5.13 Å². The number of hydrogen-bond acceptors (Lipinski definition) is 3. The number of para-hydroxylation sites is 1. The molecule has 0 unspecified atom stereocenters. The lowest BCUT2D eigenvalue weighted by Gasteiger charge is -1.98. The van der Waals surface area contributed by atoms with Crippen LogP contribution >= 0.6 is 11.3 Å². The maximum absolute atomic E-state index is 4.76. The SMILES string of the molecule is Cc1nc2ccccn2c1-c1csc([NH2+]c2ccccc2)n1.[Br-]. The van der Waals surface area contributed by atoms with E-state index in [1.165, 1.54) is 5.69 Å². The fourth-order valence-electron chi connectivity index (χ4n) is 2.58. The summed E-state index contributed by atoms with van der Waals surface area (Å²) in [5.41, 5.74) is 5.17. The lowest BCUT2D eigenvalue weighted by atomic mass is 10.3. The number of aryl methyl sites for hydroxylation is 1. The first kappa shape index (κ1) is 15.9.